The van der Waals surface area contributed by atoms with Gasteiger partial charge in [-0.25, -0.2) is 0 Å². The molecule has 0 amide bonds. The van der Waals surface area contributed by atoms with Gasteiger partial charge in [0.25, 0.3) is 0 Å². The van der Waals surface area contributed by atoms with E-state index in [1.165, 1.54) is 0 Å². The zero-order chi connectivity index (χ0) is 17.2. The topological polar surface area (TPSA) is 0 Å². The van der Waals surface area contributed by atoms with E-state index < -0.39 is 10.8 Å². The highest BCUT2D eigenvalue weighted by molar-refractivity contribution is 9.30. The molecule has 0 saturated heterocycles. The standard InChI is InChI=1S/C15H6Br8/c16-9-6-8-10(12(18)11(9)17)14(20,21)15(22,23)13(8,19)7-4-2-1-3-5-7/h1-6H. The van der Waals surface area contributed by atoms with E-state index in [9.17, 15) is 0 Å². The Balaban J connectivity index is 2.46. The van der Waals surface area contributed by atoms with Gasteiger partial charge in [-0.1, -0.05) is 110 Å². The first-order valence-electron chi connectivity index (χ1n) is 6.25. The molecule has 2 aromatic carbocycles. The Kier molecular flexibility index (Phi) is 5.84. The van der Waals surface area contributed by atoms with Gasteiger partial charge < -0.3 is 0 Å². The molecule has 0 N–H and O–H groups in total. The van der Waals surface area contributed by atoms with Crippen LogP contribution < -0.4 is 0 Å². The van der Waals surface area contributed by atoms with E-state index in [1.807, 2.05) is 18.2 Å². The van der Waals surface area contributed by atoms with E-state index in [2.05, 4.69) is 146 Å². The maximum absolute atomic E-state index is 4.03. The van der Waals surface area contributed by atoms with Crippen LogP contribution >= 0.6 is 127 Å². The second-order valence-corrected chi connectivity index (χ2v) is 15.6. The summed E-state index contributed by atoms with van der Waals surface area (Å²) >= 11 is 30.6. The molecule has 1 aliphatic carbocycles. The highest BCUT2D eigenvalue weighted by Gasteiger charge is 2.68. The third kappa shape index (κ3) is 2.74. The predicted octanol–water partition coefficient (Wildman–Crippen LogP) is 9.05. The van der Waals surface area contributed by atoms with Gasteiger partial charge in [-0.2, -0.15) is 0 Å². The zero-order valence-corrected chi connectivity index (χ0v) is 23.7. The first-order valence-corrected chi connectivity index (χ1v) is 12.6. The summed E-state index contributed by atoms with van der Waals surface area (Å²) in [6.07, 6.45) is 0. The molecule has 0 heterocycles. The number of fused-ring (bicyclic) bond motifs is 1. The molecule has 3 rings (SSSR count). The quantitative estimate of drug-likeness (QED) is 0.199. The molecule has 0 nitrogen and oxygen atoms in total. The Labute approximate surface area is 202 Å². The number of hydrogen-bond acceptors (Lipinski definition) is 0. The molecule has 1 atom stereocenters. The molecule has 0 bridgehead atoms. The fourth-order valence-electron chi connectivity index (χ4n) is 2.72. The van der Waals surface area contributed by atoms with E-state index in [0.29, 0.717) is 0 Å². The van der Waals surface area contributed by atoms with Gasteiger partial charge >= 0.3 is 0 Å². The first kappa shape index (κ1) is 20.0. The summed E-state index contributed by atoms with van der Waals surface area (Å²) in [5.74, 6) is 0. The molecule has 0 spiro atoms. The lowest BCUT2D eigenvalue weighted by atomic mass is 9.92. The van der Waals surface area contributed by atoms with Crippen LogP contribution in [0.2, 0.25) is 0 Å². The molecule has 0 fully saturated rings. The summed E-state index contributed by atoms with van der Waals surface area (Å²) in [4.78, 5) is 0. The van der Waals surface area contributed by atoms with Crippen LogP contribution in [0.1, 0.15) is 16.7 Å². The molecule has 1 aliphatic rings. The summed E-state index contributed by atoms with van der Waals surface area (Å²) in [5.41, 5.74) is 3.37. The van der Waals surface area contributed by atoms with Crippen molar-refractivity contribution in [1.29, 1.82) is 0 Å². The van der Waals surface area contributed by atoms with Crippen LogP contribution in [-0.2, 0) is 7.56 Å². The van der Waals surface area contributed by atoms with Crippen LogP contribution in [0.15, 0.2) is 49.8 Å². The van der Waals surface area contributed by atoms with E-state index in [-0.39, 0.29) is 0 Å². The molecule has 1 unspecified atom stereocenters. The Morgan fingerprint density at radius 3 is 1.87 bits per heavy atom. The van der Waals surface area contributed by atoms with Crippen LogP contribution in [0, 0.1) is 0 Å². The minimum absolute atomic E-state index is 0.505. The molecule has 0 aromatic heterocycles. The van der Waals surface area contributed by atoms with Crippen molar-refractivity contribution in [3.05, 3.63) is 66.5 Å². The first-order chi connectivity index (χ1) is 10.6. The lowest BCUT2D eigenvalue weighted by molar-refractivity contribution is 0.713. The molecule has 23 heavy (non-hydrogen) atoms. The Hall–Kier alpha value is 2.28. The molecule has 0 radical (unpaired) electrons. The number of hydrogen-bond donors (Lipinski definition) is 0. The average Bonchev–Trinajstić information content (AvgIpc) is 2.62. The van der Waals surface area contributed by atoms with Crippen LogP contribution in [0.3, 0.4) is 0 Å². The van der Waals surface area contributed by atoms with Gasteiger partial charge in [-0.15, -0.1) is 0 Å². The van der Waals surface area contributed by atoms with Gasteiger partial charge in [0.1, 0.15) is 10.8 Å². The van der Waals surface area contributed by atoms with Crippen molar-refractivity contribution in [2.24, 2.45) is 0 Å². The van der Waals surface area contributed by atoms with Crippen molar-refractivity contribution in [2.75, 3.05) is 0 Å². The van der Waals surface area contributed by atoms with Gasteiger partial charge in [0.05, 0.1) is 0 Å². The van der Waals surface area contributed by atoms with Gasteiger partial charge in [0.15, 0.2) is 0 Å². The maximum Gasteiger partial charge on any atom is 0.134 e. The third-order valence-corrected chi connectivity index (χ3v) is 16.2. The van der Waals surface area contributed by atoms with E-state index in [4.69, 9.17) is 0 Å². The van der Waals surface area contributed by atoms with Crippen molar-refractivity contribution in [2.45, 2.75) is 10.8 Å². The van der Waals surface area contributed by atoms with Crippen molar-refractivity contribution < 1.29 is 0 Å². The summed E-state index contributed by atoms with van der Waals surface area (Å²) in [6.45, 7) is 0. The smallest absolute Gasteiger partial charge is 0.0722 e. The fraction of sp³-hybridized carbons (Fsp3) is 0.200. The van der Waals surface area contributed by atoms with Crippen molar-refractivity contribution in [3.63, 3.8) is 0 Å². The molecular weight excluding hydrogens is 819 g/mol. The summed E-state index contributed by atoms with van der Waals surface area (Å²) in [7, 11) is 0. The average molecular weight is 825 g/mol. The molecular formula is C15H6Br8. The second-order valence-electron chi connectivity index (χ2n) is 5.08. The van der Waals surface area contributed by atoms with E-state index >= 15 is 0 Å². The highest BCUT2D eigenvalue weighted by Crippen LogP contribution is 2.75. The number of rotatable bonds is 1. The van der Waals surface area contributed by atoms with Crippen LogP contribution in [0.4, 0.5) is 0 Å². The lowest BCUT2D eigenvalue weighted by Crippen LogP contribution is -2.41. The van der Waals surface area contributed by atoms with Crippen LogP contribution in [-0.4, -0.2) is 3.23 Å². The highest BCUT2D eigenvalue weighted by atomic mass is 79.9. The summed E-state index contributed by atoms with van der Waals surface area (Å²) in [6, 6.07) is 12.5. The van der Waals surface area contributed by atoms with E-state index in [1.54, 1.807) is 0 Å². The van der Waals surface area contributed by atoms with Crippen LogP contribution in [0.25, 0.3) is 0 Å². The molecule has 0 saturated carbocycles. The maximum atomic E-state index is 4.03. The normalized spacial score (nSPS) is 24.5. The SMILES string of the molecule is Brc1cc2c(c(Br)c1Br)C(Br)(Br)C(Br)(Br)C2(Br)c1ccccc1. The summed E-state index contributed by atoms with van der Waals surface area (Å²) < 4.78 is 1.32. The van der Waals surface area contributed by atoms with Crippen molar-refractivity contribution in [1.82, 2.24) is 0 Å². The number of halogens is 8. The Bertz CT molecular complexity index is 784. The Morgan fingerprint density at radius 1 is 0.739 bits per heavy atom. The minimum atomic E-state index is -0.563. The van der Waals surface area contributed by atoms with Gasteiger partial charge in [0.2, 0.25) is 0 Å². The molecule has 0 aliphatic heterocycles. The number of alkyl halides is 5. The largest absolute Gasteiger partial charge is 0.134 e. The van der Waals surface area contributed by atoms with Crippen molar-refractivity contribution in [3.8, 4) is 0 Å². The van der Waals surface area contributed by atoms with Gasteiger partial charge in [0, 0.05) is 19.0 Å². The predicted molar refractivity (Wildman–Crippen MR) is 126 cm³/mol. The minimum Gasteiger partial charge on any atom is -0.0722 e. The molecule has 8 heteroatoms. The zero-order valence-electron chi connectivity index (χ0n) is 11.0. The lowest BCUT2D eigenvalue weighted by Gasteiger charge is -2.39. The fourth-order valence-corrected chi connectivity index (χ4v) is 9.09. The monoisotopic (exact) mass is 817 g/mol. The number of benzene rings is 2. The van der Waals surface area contributed by atoms with E-state index in [0.717, 1.165) is 30.1 Å². The second kappa shape index (κ2) is 6.71. The molecule has 2 aromatic rings. The van der Waals surface area contributed by atoms with Crippen LogP contribution in [0.5, 0.6) is 0 Å². The van der Waals surface area contributed by atoms with Gasteiger partial charge in [-0.3, -0.25) is 0 Å². The van der Waals surface area contributed by atoms with Crippen molar-refractivity contribution >= 4 is 127 Å². The third-order valence-electron chi connectivity index (χ3n) is 3.85. The molecule has 122 valence electrons. The summed E-state index contributed by atoms with van der Waals surface area (Å²) in [5, 5.41) is 0. The Morgan fingerprint density at radius 2 is 1.30 bits per heavy atom. The van der Waals surface area contributed by atoms with Gasteiger partial charge in [-0.05, 0) is 65.0 Å².